The normalized spacial score (nSPS) is 17.4. The van der Waals surface area contributed by atoms with Crippen LogP contribution in [0.3, 0.4) is 0 Å². The maximum Gasteiger partial charge on any atom is 0.344 e. The number of thioether (sulfide) groups is 1. The number of rotatable bonds is 6. The van der Waals surface area contributed by atoms with Gasteiger partial charge in [-0.1, -0.05) is 11.8 Å². The van der Waals surface area contributed by atoms with E-state index in [1.807, 2.05) is 14.1 Å². The maximum absolute atomic E-state index is 11.8. The van der Waals surface area contributed by atoms with E-state index in [1.54, 1.807) is 4.57 Å². The van der Waals surface area contributed by atoms with Crippen molar-refractivity contribution in [3.8, 4) is 0 Å². The molecule has 1 saturated carbocycles. The third kappa shape index (κ3) is 2.84. The molecular formula is C11H18N4O3S. The molecule has 1 fully saturated rings. The molecule has 19 heavy (non-hydrogen) atoms. The molecule has 1 aliphatic carbocycles. The Hall–Kier alpha value is -1.28. The monoisotopic (exact) mass is 286 g/mol. The summed E-state index contributed by atoms with van der Waals surface area (Å²) in [6, 6.07) is 0. The van der Waals surface area contributed by atoms with Crippen molar-refractivity contribution in [2.45, 2.75) is 36.5 Å². The van der Waals surface area contributed by atoms with Gasteiger partial charge < -0.3 is 10.0 Å². The summed E-state index contributed by atoms with van der Waals surface area (Å²) in [6.07, 6.45) is 3.24. The zero-order valence-electron chi connectivity index (χ0n) is 11.0. The van der Waals surface area contributed by atoms with E-state index in [2.05, 4.69) is 15.1 Å². The fraction of sp³-hybridized carbons (Fsp3) is 0.727. The van der Waals surface area contributed by atoms with E-state index in [1.165, 1.54) is 0 Å². The molecule has 0 spiro atoms. The van der Waals surface area contributed by atoms with Crippen LogP contribution in [0.2, 0.25) is 0 Å². The highest BCUT2D eigenvalue weighted by molar-refractivity contribution is 7.99. The summed E-state index contributed by atoms with van der Waals surface area (Å²) >= 11 is 1.07. The Kier molecular flexibility index (Phi) is 4.00. The lowest BCUT2D eigenvalue weighted by Gasteiger charge is -2.47. The van der Waals surface area contributed by atoms with Gasteiger partial charge in [-0.3, -0.25) is 9.36 Å². The molecule has 2 N–H and O–H groups in total. The molecule has 0 amide bonds. The average Bonchev–Trinajstić information content (AvgIpc) is 2.61. The molecule has 0 atom stereocenters. The van der Waals surface area contributed by atoms with E-state index in [0.29, 0.717) is 11.7 Å². The highest BCUT2D eigenvalue weighted by Gasteiger charge is 2.40. The second-order valence-corrected chi connectivity index (χ2v) is 5.99. The lowest BCUT2D eigenvalue weighted by atomic mass is 9.75. The summed E-state index contributed by atoms with van der Waals surface area (Å²) in [5.41, 5.74) is -0.285. The molecule has 1 aromatic heterocycles. The van der Waals surface area contributed by atoms with Crippen LogP contribution in [0.25, 0.3) is 0 Å². The summed E-state index contributed by atoms with van der Waals surface area (Å²) in [4.78, 5) is 24.5. The van der Waals surface area contributed by atoms with Gasteiger partial charge in [0, 0.05) is 12.1 Å². The molecule has 7 nitrogen and oxygen atoms in total. The lowest BCUT2D eigenvalue weighted by molar-refractivity contribution is -0.133. The van der Waals surface area contributed by atoms with Gasteiger partial charge in [-0.25, -0.2) is 9.89 Å². The van der Waals surface area contributed by atoms with Gasteiger partial charge in [0.1, 0.15) is 0 Å². The SMILES string of the molecule is CN(C)C1(Cn2c(SCC(=O)O)n[nH]c2=O)CCC1. The number of hydrogen-bond acceptors (Lipinski definition) is 5. The van der Waals surface area contributed by atoms with Crippen LogP contribution in [0, 0.1) is 0 Å². The Morgan fingerprint density at radius 1 is 1.58 bits per heavy atom. The molecule has 2 rings (SSSR count). The molecule has 1 heterocycles. The number of hydrogen-bond donors (Lipinski definition) is 2. The van der Waals surface area contributed by atoms with Gasteiger partial charge in [0.25, 0.3) is 0 Å². The maximum atomic E-state index is 11.8. The number of nitrogens with zero attached hydrogens (tertiary/aromatic N) is 3. The molecule has 0 aliphatic heterocycles. The zero-order chi connectivity index (χ0) is 14.0. The lowest BCUT2D eigenvalue weighted by Crippen LogP contribution is -2.54. The van der Waals surface area contributed by atoms with Crippen molar-refractivity contribution in [3.05, 3.63) is 10.5 Å². The molecule has 0 bridgehead atoms. The summed E-state index contributed by atoms with van der Waals surface area (Å²) in [6.45, 7) is 0.553. The van der Waals surface area contributed by atoms with Crippen molar-refractivity contribution in [3.63, 3.8) is 0 Å². The van der Waals surface area contributed by atoms with Crippen LogP contribution in [-0.4, -0.2) is 56.1 Å². The predicted molar refractivity (Wildman–Crippen MR) is 71.5 cm³/mol. The third-order valence-corrected chi connectivity index (χ3v) is 4.69. The van der Waals surface area contributed by atoms with Gasteiger partial charge in [0.15, 0.2) is 5.16 Å². The first-order chi connectivity index (χ1) is 8.94. The van der Waals surface area contributed by atoms with Crippen molar-refractivity contribution in [2.24, 2.45) is 0 Å². The summed E-state index contributed by atoms with van der Waals surface area (Å²) in [5.74, 6) is -1.02. The van der Waals surface area contributed by atoms with Crippen LogP contribution in [0.4, 0.5) is 0 Å². The molecule has 1 aromatic rings. The van der Waals surface area contributed by atoms with Crippen LogP contribution in [0.15, 0.2) is 9.95 Å². The molecule has 0 radical (unpaired) electrons. The minimum atomic E-state index is -0.919. The predicted octanol–water partition coefficient (Wildman–Crippen LogP) is 0.232. The molecule has 106 valence electrons. The minimum Gasteiger partial charge on any atom is -0.481 e. The number of likely N-dealkylation sites (N-methyl/N-ethyl adjacent to an activating group) is 1. The smallest absolute Gasteiger partial charge is 0.344 e. The fourth-order valence-corrected chi connectivity index (χ4v) is 2.97. The number of nitrogens with one attached hydrogen (secondary N) is 1. The summed E-state index contributed by atoms with van der Waals surface area (Å²) in [5, 5.41) is 15.4. The van der Waals surface area contributed by atoms with Crippen LogP contribution in [0.1, 0.15) is 19.3 Å². The van der Waals surface area contributed by atoms with E-state index in [-0.39, 0.29) is 17.0 Å². The van der Waals surface area contributed by atoms with Crippen molar-refractivity contribution < 1.29 is 9.90 Å². The minimum absolute atomic E-state index is 0.00770. The quantitative estimate of drug-likeness (QED) is 0.728. The van der Waals surface area contributed by atoms with Gasteiger partial charge in [-0.15, -0.1) is 5.10 Å². The number of carbonyl (C=O) groups is 1. The number of aromatic amines is 1. The molecule has 1 aliphatic rings. The van der Waals surface area contributed by atoms with Gasteiger partial charge in [-0.2, -0.15) is 0 Å². The third-order valence-electron chi connectivity index (χ3n) is 3.73. The number of carboxylic acid groups (broad SMARTS) is 1. The van der Waals surface area contributed by atoms with Crippen LogP contribution < -0.4 is 5.69 Å². The van der Waals surface area contributed by atoms with E-state index in [9.17, 15) is 9.59 Å². The second-order valence-electron chi connectivity index (χ2n) is 5.05. The fourth-order valence-electron chi connectivity index (χ4n) is 2.31. The molecule has 0 saturated heterocycles. The second kappa shape index (κ2) is 5.38. The molecule has 0 aromatic carbocycles. The summed E-state index contributed by atoms with van der Waals surface area (Å²) < 4.78 is 1.55. The largest absolute Gasteiger partial charge is 0.481 e. The van der Waals surface area contributed by atoms with Crippen LogP contribution >= 0.6 is 11.8 Å². The van der Waals surface area contributed by atoms with E-state index >= 15 is 0 Å². The van der Waals surface area contributed by atoms with Gasteiger partial charge in [0.2, 0.25) is 0 Å². The Bertz CT molecular complexity index is 518. The topological polar surface area (TPSA) is 91.2 Å². The Balaban J connectivity index is 2.17. The standard InChI is InChI=1S/C11H18N4O3S/c1-14(2)11(4-3-5-11)7-15-9(18)12-13-10(15)19-6-8(16)17/h3-7H2,1-2H3,(H,12,18)(H,16,17). The van der Waals surface area contributed by atoms with E-state index < -0.39 is 5.97 Å². The van der Waals surface area contributed by atoms with Crippen molar-refractivity contribution in [2.75, 3.05) is 19.8 Å². The van der Waals surface area contributed by atoms with E-state index in [0.717, 1.165) is 31.0 Å². The number of H-pyrrole nitrogens is 1. The Morgan fingerprint density at radius 2 is 2.26 bits per heavy atom. The first kappa shape index (κ1) is 14.1. The highest BCUT2D eigenvalue weighted by atomic mass is 32.2. The Morgan fingerprint density at radius 3 is 2.74 bits per heavy atom. The molecule has 0 unspecified atom stereocenters. The highest BCUT2D eigenvalue weighted by Crippen LogP contribution is 2.37. The molecule has 8 heteroatoms. The van der Waals surface area contributed by atoms with Crippen molar-refractivity contribution in [1.82, 2.24) is 19.7 Å². The van der Waals surface area contributed by atoms with Crippen molar-refractivity contribution >= 4 is 17.7 Å². The number of aliphatic carboxylic acids is 1. The van der Waals surface area contributed by atoms with Crippen LogP contribution in [0.5, 0.6) is 0 Å². The van der Waals surface area contributed by atoms with E-state index in [4.69, 9.17) is 5.11 Å². The number of aromatic nitrogens is 3. The van der Waals surface area contributed by atoms with Gasteiger partial charge in [-0.05, 0) is 33.4 Å². The van der Waals surface area contributed by atoms with Gasteiger partial charge >= 0.3 is 11.7 Å². The Labute approximate surface area is 115 Å². The molecular weight excluding hydrogens is 268 g/mol. The number of carboxylic acids is 1. The van der Waals surface area contributed by atoms with Crippen molar-refractivity contribution in [1.29, 1.82) is 0 Å². The average molecular weight is 286 g/mol. The van der Waals surface area contributed by atoms with Gasteiger partial charge in [0.05, 0.1) is 5.75 Å². The zero-order valence-corrected chi connectivity index (χ0v) is 11.9. The summed E-state index contributed by atoms with van der Waals surface area (Å²) in [7, 11) is 4.02. The first-order valence-corrected chi connectivity index (χ1v) is 7.10. The van der Waals surface area contributed by atoms with Crippen LogP contribution in [-0.2, 0) is 11.3 Å². The first-order valence-electron chi connectivity index (χ1n) is 6.12.